The van der Waals surface area contributed by atoms with Crippen molar-refractivity contribution in [2.45, 2.75) is 26.4 Å². The van der Waals surface area contributed by atoms with Crippen LogP contribution in [0.25, 0.3) is 0 Å². The number of nitrogens with one attached hydrogen (secondary N) is 1. The minimum atomic E-state index is -0.809. The number of hydrogen-bond acceptors (Lipinski definition) is 2. The molecule has 2 heteroatoms. The Bertz CT molecular complexity index is 337. The van der Waals surface area contributed by atoms with Gasteiger partial charge in [-0.25, -0.2) is 0 Å². The fraction of sp³-hybridized carbons (Fsp3) is 0.429. The van der Waals surface area contributed by atoms with E-state index in [0.717, 1.165) is 12.1 Å². The molecule has 0 aromatic heterocycles. The molecule has 0 heterocycles. The van der Waals surface area contributed by atoms with E-state index in [4.69, 9.17) is 0 Å². The highest BCUT2D eigenvalue weighted by Crippen LogP contribution is 2.18. The lowest BCUT2D eigenvalue weighted by Crippen LogP contribution is -2.35. The van der Waals surface area contributed by atoms with Gasteiger partial charge >= 0.3 is 0 Å². The van der Waals surface area contributed by atoms with Crippen molar-refractivity contribution >= 4 is 0 Å². The standard InChI is InChI=1S/C14H21NO/c1-12(2)9-10-15-11-14(3,16)13-7-5-4-6-8-13/h4-9,15-16H,10-11H2,1-3H3. The first kappa shape index (κ1) is 12.9. The molecule has 1 unspecified atom stereocenters. The van der Waals surface area contributed by atoms with Crippen molar-refractivity contribution in [1.82, 2.24) is 5.32 Å². The SMILES string of the molecule is CC(C)=CCNCC(C)(O)c1ccccc1. The summed E-state index contributed by atoms with van der Waals surface area (Å²) in [6.45, 7) is 7.32. The van der Waals surface area contributed by atoms with Crippen molar-refractivity contribution in [2.24, 2.45) is 0 Å². The van der Waals surface area contributed by atoms with Crippen molar-refractivity contribution < 1.29 is 5.11 Å². The normalized spacial score (nSPS) is 14.2. The average Bonchev–Trinajstić information content (AvgIpc) is 2.26. The summed E-state index contributed by atoms with van der Waals surface area (Å²) in [5.41, 5.74) is 1.42. The molecule has 1 atom stereocenters. The van der Waals surface area contributed by atoms with Gasteiger partial charge in [0.1, 0.15) is 0 Å². The second-order valence-corrected chi connectivity index (χ2v) is 4.55. The zero-order chi connectivity index (χ0) is 12.0. The van der Waals surface area contributed by atoms with Gasteiger partial charge in [-0.05, 0) is 26.3 Å². The highest BCUT2D eigenvalue weighted by molar-refractivity contribution is 5.21. The Morgan fingerprint density at radius 3 is 2.50 bits per heavy atom. The summed E-state index contributed by atoms with van der Waals surface area (Å²) in [6.07, 6.45) is 2.11. The molecule has 0 aliphatic heterocycles. The van der Waals surface area contributed by atoms with Crippen molar-refractivity contribution in [3.8, 4) is 0 Å². The first-order valence-electron chi connectivity index (χ1n) is 5.64. The number of rotatable bonds is 5. The summed E-state index contributed by atoms with van der Waals surface area (Å²) >= 11 is 0. The van der Waals surface area contributed by atoms with Crippen molar-refractivity contribution in [1.29, 1.82) is 0 Å². The van der Waals surface area contributed by atoms with Crippen LogP contribution in [0.4, 0.5) is 0 Å². The van der Waals surface area contributed by atoms with E-state index in [9.17, 15) is 5.11 Å². The van der Waals surface area contributed by atoms with Gasteiger partial charge in [0.25, 0.3) is 0 Å². The van der Waals surface area contributed by atoms with Gasteiger partial charge in [0.15, 0.2) is 0 Å². The lowest BCUT2D eigenvalue weighted by atomic mass is 9.96. The average molecular weight is 219 g/mol. The molecule has 0 radical (unpaired) electrons. The van der Waals surface area contributed by atoms with E-state index in [1.165, 1.54) is 5.57 Å². The summed E-state index contributed by atoms with van der Waals surface area (Å²) in [5, 5.41) is 13.5. The molecule has 0 bridgehead atoms. The summed E-state index contributed by atoms with van der Waals surface area (Å²) < 4.78 is 0. The van der Waals surface area contributed by atoms with Gasteiger partial charge in [0.2, 0.25) is 0 Å². The van der Waals surface area contributed by atoms with Crippen LogP contribution in [0.1, 0.15) is 26.3 Å². The molecule has 0 saturated carbocycles. The zero-order valence-electron chi connectivity index (χ0n) is 10.3. The molecule has 1 aromatic rings. The molecule has 16 heavy (non-hydrogen) atoms. The fourth-order valence-electron chi connectivity index (χ4n) is 1.49. The molecule has 88 valence electrons. The van der Waals surface area contributed by atoms with Crippen molar-refractivity contribution in [3.63, 3.8) is 0 Å². The van der Waals surface area contributed by atoms with Crippen LogP contribution >= 0.6 is 0 Å². The van der Waals surface area contributed by atoms with Gasteiger partial charge in [0, 0.05) is 13.1 Å². The zero-order valence-corrected chi connectivity index (χ0v) is 10.3. The molecule has 0 amide bonds. The fourth-order valence-corrected chi connectivity index (χ4v) is 1.49. The second-order valence-electron chi connectivity index (χ2n) is 4.55. The van der Waals surface area contributed by atoms with Crippen LogP contribution in [0, 0.1) is 0 Å². The number of benzene rings is 1. The van der Waals surface area contributed by atoms with E-state index < -0.39 is 5.60 Å². The molecule has 0 fully saturated rings. The van der Waals surface area contributed by atoms with Gasteiger partial charge < -0.3 is 10.4 Å². The Labute approximate surface area is 98.0 Å². The van der Waals surface area contributed by atoms with E-state index in [2.05, 4.69) is 25.2 Å². The van der Waals surface area contributed by atoms with Gasteiger partial charge in [-0.15, -0.1) is 0 Å². The minimum absolute atomic E-state index is 0.556. The van der Waals surface area contributed by atoms with Crippen molar-refractivity contribution in [3.05, 3.63) is 47.5 Å². The first-order chi connectivity index (χ1) is 7.52. The predicted octanol–water partition coefficient (Wildman–Crippen LogP) is 2.45. The van der Waals surface area contributed by atoms with E-state index in [1.54, 1.807) is 0 Å². The van der Waals surface area contributed by atoms with Gasteiger partial charge in [-0.1, -0.05) is 42.0 Å². The van der Waals surface area contributed by atoms with E-state index in [1.807, 2.05) is 37.3 Å². The number of hydrogen-bond donors (Lipinski definition) is 2. The maximum absolute atomic E-state index is 10.3. The van der Waals surface area contributed by atoms with Crippen LogP contribution in [0.3, 0.4) is 0 Å². The molecule has 1 rings (SSSR count). The Kier molecular flexibility index (Phi) is 4.71. The predicted molar refractivity (Wildman–Crippen MR) is 68.3 cm³/mol. The summed E-state index contributed by atoms with van der Waals surface area (Å²) in [5.74, 6) is 0. The lowest BCUT2D eigenvalue weighted by molar-refractivity contribution is 0.0581. The smallest absolute Gasteiger partial charge is 0.0992 e. The van der Waals surface area contributed by atoms with Gasteiger partial charge in [-0.3, -0.25) is 0 Å². The van der Waals surface area contributed by atoms with E-state index in [0.29, 0.717) is 6.54 Å². The highest BCUT2D eigenvalue weighted by Gasteiger charge is 2.21. The molecule has 2 nitrogen and oxygen atoms in total. The number of allylic oxidation sites excluding steroid dienone is 1. The third kappa shape index (κ3) is 4.17. The van der Waals surface area contributed by atoms with Crippen LogP contribution in [-0.2, 0) is 5.60 Å². The van der Waals surface area contributed by atoms with E-state index in [-0.39, 0.29) is 0 Å². The van der Waals surface area contributed by atoms with Gasteiger partial charge in [-0.2, -0.15) is 0 Å². The van der Waals surface area contributed by atoms with E-state index >= 15 is 0 Å². The lowest BCUT2D eigenvalue weighted by Gasteiger charge is -2.24. The number of aliphatic hydroxyl groups is 1. The van der Waals surface area contributed by atoms with Crippen LogP contribution in [0.2, 0.25) is 0 Å². The monoisotopic (exact) mass is 219 g/mol. The van der Waals surface area contributed by atoms with Crippen molar-refractivity contribution in [2.75, 3.05) is 13.1 Å². The molecule has 0 spiro atoms. The quantitative estimate of drug-likeness (QED) is 0.589. The second kappa shape index (κ2) is 5.83. The summed E-state index contributed by atoms with van der Waals surface area (Å²) in [4.78, 5) is 0. The minimum Gasteiger partial charge on any atom is -0.384 e. The molecular formula is C14H21NO. The Morgan fingerprint density at radius 2 is 1.94 bits per heavy atom. The molecular weight excluding hydrogens is 198 g/mol. The maximum Gasteiger partial charge on any atom is 0.0992 e. The topological polar surface area (TPSA) is 32.3 Å². The summed E-state index contributed by atoms with van der Waals surface area (Å²) in [6, 6.07) is 9.74. The highest BCUT2D eigenvalue weighted by atomic mass is 16.3. The Morgan fingerprint density at radius 1 is 1.31 bits per heavy atom. The molecule has 1 aromatic carbocycles. The van der Waals surface area contributed by atoms with Gasteiger partial charge in [0.05, 0.1) is 5.60 Å². The van der Waals surface area contributed by atoms with Crippen LogP contribution in [-0.4, -0.2) is 18.2 Å². The molecule has 0 saturated heterocycles. The third-order valence-electron chi connectivity index (χ3n) is 2.52. The molecule has 0 aliphatic rings. The van der Waals surface area contributed by atoms with Crippen LogP contribution in [0.5, 0.6) is 0 Å². The largest absolute Gasteiger partial charge is 0.384 e. The molecule has 2 N–H and O–H groups in total. The van der Waals surface area contributed by atoms with Crippen LogP contribution < -0.4 is 5.32 Å². The maximum atomic E-state index is 10.3. The summed E-state index contributed by atoms with van der Waals surface area (Å²) in [7, 11) is 0. The first-order valence-corrected chi connectivity index (χ1v) is 5.64. The Balaban J connectivity index is 2.50. The van der Waals surface area contributed by atoms with Crippen LogP contribution in [0.15, 0.2) is 42.0 Å². The Hall–Kier alpha value is -1.12. The third-order valence-corrected chi connectivity index (χ3v) is 2.52. The molecule has 0 aliphatic carbocycles.